The van der Waals surface area contributed by atoms with Crippen LogP contribution in [0.4, 0.5) is 0 Å². The van der Waals surface area contributed by atoms with Gasteiger partial charge in [-0.3, -0.25) is 4.79 Å². The predicted octanol–water partition coefficient (Wildman–Crippen LogP) is -1.62. The fourth-order valence-electron chi connectivity index (χ4n) is 0.969. The molecule has 1 aliphatic heterocycles. The van der Waals surface area contributed by atoms with Crippen molar-refractivity contribution in [2.45, 2.75) is 12.2 Å². The van der Waals surface area contributed by atoms with Crippen LogP contribution in [0.1, 0.15) is 0 Å². The van der Waals surface area contributed by atoms with Gasteiger partial charge in [0.25, 0.3) is 5.91 Å². The van der Waals surface area contributed by atoms with Crippen LogP contribution < -0.4 is 0 Å². The summed E-state index contributed by atoms with van der Waals surface area (Å²) in [5.41, 5.74) is 0. The lowest BCUT2D eigenvalue weighted by Crippen LogP contribution is -2.29. The molecule has 1 radical (unpaired) electrons. The van der Waals surface area contributed by atoms with Crippen molar-refractivity contribution in [3.05, 3.63) is 6.92 Å². The molecule has 2 unspecified atom stereocenters. The minimum atomic E-state index is -1.23. The van der Waals surface area contributed by atoms with E-state index in [9.17, 15) is 4.79 Å². The summed E-state index contributed by atoms with van der Waals surface area (Å²) in [7, 11) is 0. The molecule has 0 spiro atoms. The van der Waals surface area contributed by atoms with Gasteiger partial charge in [-0.2, -0.15) is 0 Å². The van der Waals surface area contributed by atoms with E-state index in [4.69, 9.17) is 10.2 Å². The summed E-state index contributed by atoms with van der Waals surface area (Å²) in [4.78, 5) is 12.1. The van der Waals surface area contributed by atoms with E-state index in [-0.39, 0.29) is 6.54 Å². The Morgan fingerprint density at radius 2 is 2.30 bits per heavy atom. The third kappa shape index (κ3) is 0.998. The van der Waals surface area contributed by atoms with Gasteiger partial charge in [-0.15, -0.1) is 0 Å². The van der Waals surface area contributed by atoms with Crippen molar-refractivity contribution in [1.29, 1.82) is 0 Å². The number of carbonyl (C=O) groups is 1. The second kappa shape index (κ2) is 2.56. The van der Waals surface area contributed by atoms with Crippen molar-refractivity contribution >= 4 is 5.91 Å². The fraction of sp³-hybridized carbons (Fsp3) is 0.667. The summed E-state index contributed by atoms with van der Waals surface area (Å²) in [6, 6.07) is 0. The van der Waals surface area contributed by atoms with Crippen LogP contribution in [-0.4, -0.2) is 46.3 Å². The number of hydrogen-bond donors (Lipinski definition) is 2. The second-order valence-electron chi connectivity index (χ2n) is 2.30. The van der Waals surface area contributed by atoms with E-state index in [1.54, 1.807) is 0 Å². The molecular formula is C6H10NO3. The molecule has 1 heterocycles. The highest BCUT2D eigenvalue weighted by Crippen LogP contribution is 2.10. The van der Waals surface area contributed by atoms with Gasteiger partial charge in [0.05, 0.1) is 0 Å². The first kappa shape index (κ1) is 7.50. The smallest absolute Gasteiger partial charge is 0.254 e. The van der Waals surface area contributed by atoms with Gasteiger partial charge in [-0.05, 0) is 6.92 Å². The van der Waals surface area contributed by atoms with Crippen LogP contribution in [0.15, 0.2) is 0 Å². The highest BCUT2D eigenvalue weighted by atomic mass is 16.3. The molecular weight excluding hydrogens is 134 g/mol. The Balaban J connectivity index is 2.62. The van der Waals surface area contributed by atoms with E-state index in [0.29, 0.717) is 6.54 Å². The summed E-state index contributed by atoms with van der Waals surface area (Å²) in [6.07, 6.45) is -2.17. The quantitative estimate of drug-likeness (QED) is 0.465. The van der Waals surface area contributed by atoms with Gasteiger partial charge in [-0.25, -0.2) is 0 Å². The number of likely N-dealkylation sites (tertiary alicyclic amines) is 1. The molecule has 0 aromatic carbocycles. The largest absolute Gasteiger partial charge is 0.388 e. The third-order valence-corrected chi connectivity index (χ3v) is 1.61. The van der Waals surface area contributed by atoms with Gasteiger partial charge in [0.1, 0.15) is 6.10 Å². The predicted molar refractivity (Wildman–Crippen MR) is 34.0 cm³/mol. The van der Waals surface area contributed by atoms with Crippen LogP contribution in [0.3, 0.4) is 0 Å². The maximum Gasteiger partial charge on any atom is 0.254 e. The van der Waals surface area contributed by atoms with Crippen LogP contribution in [0.2, 0.25) is 0 Å². The van der Waals surface area contributed by atoms with Crippen LogP contribution in [0.5, 0.6) is 0 Å². The Labute approximate surface area is 59.1 Å². The third-order valence-electron chi connectivity index (χ3n) is 1.61. The van der Waals surface area contributed by atoms with Crippen LogP contribution in [0, 0.1) is 6.92 Å². The number of hydrogen-bond acceptors (Lipinski definition) is 3. The highest BCUT2D eigenvalue weighted by molar-refractivity contribution is 5.83. The van der Waals surface area contributed by atoms with Crippen molar-refractivity contribution < 1.29 is 15.0 Å². The molecule has 0 aromatic rings. The topological polar surface area (TPSA) is 60.8 Å². The van der Waals surface area contributed by atoms with Crippen molar-refractivity contribution in [2.24, 2.45) is 0 Å². The molecule has 0 saturated carbocycles. The van der Waals surface area contributed by atoms with E-state index in [1.165, 1.54) is 4.90 Å². The molecule has 2 atom stereocenters. The Morgan fingerprint density at radius 3 is 2.50 bits per heavy atom. The molecule has 1 fully saturated rings. The Bertz CT molecular complexity index is 148. The fourth-order valence-corrected chi connectivity index (χ4v) is 0.969. The zero-order valence-electron chi connectivity index (χ0n) is 5.53. The monoisotopic (exact) mass is 144 g/mol. The van der Waals surface area contributed by atoms with E-state index in [0.717, 1.165) is 0 Å². The first-order valence-corrected chi connectivity index (χ1v) is 3.11. The van der Waals surface area contributed by atoms with Crippen LogP contribution in [0.25, 0.3) is 0 Å². The first-order valence-electron chi connectivity index (χ1n) is 3.11. The van der Waals surface area contributed by atoms with Crippen molar-refractivity contribution in [3.8, 4) is 0 Å². The average Bonchev–Trinajstić information content (AvgIpc) is 2.17. The lowest BCUT2D eigenvalue weighted by molar-refractivity contribution is -0.135. The van der Waals surface area contributed by atoms with Crippen LogP contribution in [-0.2, 0) is 4.79 Å². The molecule has 4 heteroatoms. The molecule has 1 saturated heterocycles. The molecule has 1 aliphatic rings. The van der Waals surface area contributed by atoms with Crippen molar-refractivity contribution in [2.75, 3.05) is 13.1 Å². The molecule has 1 amide bonds. The molecule has 0 aromatic heterocycles. The normalized spacial score (nSPS) is 33.5. The van der Waals surface area contributed by atoms with Gasteiger partial charge in [0.15, 0.2) is 6.10 Å². The van der Waals surface area contributed by atoms with Gasteiger partial charge >= 0.3 is 0 Å². The number of nitrogens with zero attached hydrogens (tertiary/aromatic N) is 1. The number of β-amino-alcohol motifs (C(OH)–C–C–N with tert-alkyl or cyclic N) is 1. The molecule has 10 heavy (non-hydrogen) atoms. The van der Waals surface area contributed by atoms with Gasteiger partial charge in [0.2, 0.25) is 0 Å². The Kier molecular flexibility index (Phi) is 1.92. The minimum absolute atomic E-state index is 0.198. The Morgan fingerprint density at radius 1 is 1.70 bits per heavy atom. The SMILES string of the molecule is [CH2]CN1CC(O)C(O)C1=O. The molecule has 0 bridgehead atoms. The summed E-state index contributed by atoms with van der Waals surface area (Å²) < 4.78 is 0. The van der Waals surface area contributed by atoms with E-state index >= 15 is 0 Å². The minimum Gasteiger partial charge on any atom is -0.388 e. The zero-order valence-corrected chi connectivity index (χ0v) is 5.53. The van der Waals surface area contributed by atoms with Gasteiger partial charge < -0.3 is 15.1 Å². The number of rotatable bonds is 1. The van der Waals surface area contributed by atoms with E-state index in [1.807, 2.05) is 0 Å². The lowest BCUT2D eigenvalue weighted by atomic mass is 10.3. The lowest BCUT2D eigenvalue weighted by Gasteiger charge is -2.10. The molecule has 2 N–H and O–H groups in total. The summed E-state index contributed by atoms with van der Waals surface area (Å²) in [5, 5.41) is 17.8. The molecule has 4 nitrogen and oxygen atoms in total. The van der Waals surface area contributed by atoms with Gasteiger partial charge in [0, 0.05) is 13.1 Å². The average molecular weight is 144 g/mol. The van der Waals surface area contributed by atoms with E-state index < -0.39 is 18.1 Å². The van der Waals surface area contributed by atoms with Crippen LogP contribution >= 0.6 is 0 Å². The van der Waals surface area contributed by atoms with Gasteiger partial charge in [-0.1, -0.05) is 0 Å². The summed E-state index contributed by atoms with van der Waals surface area (Å²) in [6.45, 7) is 3.97. The maximum atomic E-state index is 10.8. The van der Waals surface area contributed by atoms with Crippen molar-refractivity contribution in [3.63, 3.8) is 0 Å². The molecule has 1 rings (SSSR count). The number of aliphatic hydroxyl groups excluding tert-OH is 2. The Hall–Kier alpha value is -0.610. The second-order valence-corrected chi connectivity index (χ2v) is 2.30. The first-order chi connectivity index (χ1) is 4.66. The maximum absolute atomic E-state index is 10.8. The molecule has 0 aliphatic carbocycles. The number of carbonyl (C=O) groups excluding carboxylic acids is 1. The highest BCUT2D eigenvalue weighted by Gasteiger charge is 2.36. The summed E-state index contributed by atoms with van der Waals surface area (Å²) >= 11 is 0. The van der Waals surface area contributed by atoms with Crippen molar-refractivity contribution in [1.82, 2.24) is 4.90 Å². The number of aliphatic hydroxyl groups is 2. The standard InChI is InChI=1S/C6H10NO3/c1-2-7-3-4(8)5(9)6(7)10/h4-5,8-9H,1-3H2. The zero-order chi connectivity index (χ0) is 7.72. The van der Waals surface area contributed by atoms with E-state index in [2.05, 4.69) is 6.92 Å². The number of amides is 1. The summed E-state index contributed by atoms with van der Waals surface area (Å²) in [5.74, 6) is -0.428. The molecule has 57 valence electrons.